The third-order valence-corrected chi connectivity index (χ3v) is 7.49. The Balaban J connectivity index is 1.26. The Labute approximate surface area is 210 Å². The topological polar surface area (TPSA) is 77.3 Å². The van der Waals surface area contributed by atoms with Gasteiger partial charge in [-0.05, 0) is 54.7 Å². The quantitative estimate of drug-likeness (QED) is 0.550. The van der Waals surface area contributed by atoms with Crippen molar-refractivity contribution in [1.82, 2.24) is 14.8 Å². The third kappa shape index (κ3) is 4.35. The van der Waals surface area contributed by atoms with Crippen molar-refractivity contribution in [3.8, 4) is 6.07 Å². The zero-order chi connectivity index (χ0) is 25.3. The minimum atomic E-state index is -0.602. The van der Waals surface area contributed by atoms with Crippen LogP contribution in [0.4, 0.5) is 4.39 Å². The lowest BCUT2D eigenvalue weighted by atomic mass is 9.74. The van der Waals surface area contributed by atoms with E-state index in [0.29, 0.717) is 50.1 Å². The van der Waals surface area contributed by atoms with E-state index in [1.807, 2.05) is 36.4 Å². The maximum Gasteiger partial charge on any atom is 0.272 e. The second kappa shape index (κ2) is 9.54. The van der Waals surface area contributed by atoms with E-state index in [4.69, 9.17) is 0 Å². The van der Waals surface area contributed by atoms with E-state index in [0.717, 1.165) is 11.1 Å². The van der Waals surface area contributed by atoms with Crippen LogP contribution in [-0.4, -0.2) is 52.8 Å². The van der Waals surface area contributed by atoms with Crippen molar-refractivity contribution in [1.29, 1.82) is 5.26 Å². The SMILES string of the molecule is Cc1cnc(C(=O)N2CCC(C#N)(c3ccccc3)CC2)cc1C(=O)N1CC(c2cccc(F)c2)C1. The maximum absolute atomic E-state index is 13.5. The van der Waals surface area contributed by atoms with Crippen molar-refractivity contribution in [2.45, 2.75) is 31.1 Å². The van der Waals surface area contributed by atoms with E-state index < -0.39 is 5.41 Å². The van der Waals surface area contributed by atoms with Gasteiger partial charge in [0, 0.05) is 43.9 Å². The van der Waals surface area contributed by atoms with Crippen molar-refractivity contribution in [3.05, 3.63) is 101 Å². The summed E-state index contributed by atoms with van der Waals surface area (Å²) in [5.41, 5.74) is 2.66. The molecule has 0 N–H and O–H groups in total. The number of aromatic nitrogens is 1. The first-order valence-electron chi connectivity index (χ1n) is 12.2. The van der Waals surface area contributed by atoms with Crippen molar-refractivity contribution in [3.63, 3.8) is 0 Å². The molecule has 3 aromatic rings. The van der Waals surface area contributed by atoms with Crippen molar-refractivity contribution >= 4 is 11.8 Å². The Morgan fingerprint density at radius 2 is 1.72 bits per heavy atom. The predicted molar refractivity (Wildman–Crippen MR) is 133 cm³/mol. The van der Waals surface area contributed by atoms with Crippen molar-refractivity contribution in [2.75, 3.05) is 26.2 Å². The molecule has 0 spiro atoms. The lowest BCUT2D eigenvalue weighted by Gasteiger charge is -2.40. The molecule has 5 rings (SSSR count). The summed E-state index contributed by atoms with van der Waals surface area (Å²) < 4.78 is 13.5. The molecular weight excluding hydrogens is 455 g/mol. The molecule has 0 saturated carbocycles. The Bertz CT molecular complexity index is 1340. The highest BCUT2D eigenvalue weighted by Gasteiger charge is 2.38. The van der Waals surface area contributed by atoms with Crippen LogP contribution >= 0.6 is 0 Å². The molecular formula is C29H27FN4O2. The number of carbonyl (C=O) groups is 2. The summed E-state index contributed by atoms with van der Waals surface area (Å²) in [5.74, 6) is -0.558. The first-order chi connectivity index (χ1) is 17.4. The number of pyridine rings is 1. The van der Waals surface area contributed by atoms with E-state index in [2.05, 4.69) is 11.1 Å². The number of piperidine rings is 1. The van der Waals surface area contributed by atoms with Crippen LogP contribution in [0.25, 0.3) is 0 Å². The average molecular weight is 483 g/mol. The molecule has 2 aromatic carbocycles. The Morgan fingerprint density at radius 1 is 1.00 bits per heavy atom. The van der Waals surface area contributed by atoms with Crippen LogP contribution in [0, 0.1) is 24.1 Å². The van der Waals surface area contributed by atoms with Crippen LogP contribution in [0.5, 0.6) is 0 Å². The van der Waals surface area contributed by atoms with Gasteiger partial charge in [-0.15, -0.1) is 0 Å². The van der Waals surface area contributed by atoms with Gasteiger partial charge in [-0.1, -0.05) is 42.5 Å². The smallest absolute Gasteiger partial charge is 0.272 e. The minimum Gasteiger partial charge on any atom is -0.337 e. The Hall–Kier alpha value is -4.05. The average Bonchev–Trinajstić information content (AvgIpc) is 2.88. The zero-order valence-electron chi connectivity index (χ0n) is 20.2. The maximum atomic E-state index is 13.5. The van der Waals surface area contributed by atoms with Gasteiger partial charge in [0.15, 0.2) is 0 Å². The van der Waals surface area contributed by atoms with E-state index in [9.17, 15) is 19.2 Å². The first-order valence-corrected chi connectivity index (χ1v) is 12.2. The summed E-state index contributed by atoms with van der Waals surface area (Å²) >= 11 is 0. The molecule has 6 nitrogen and oxygen atoms in total. The van der Waals surface area contributed by atoms with Crippen LogP contribution in [0.2, 0.25) is 0 Å². The number of rotatable bonds is 4. The van der Waals surface area contributed by atoms with Crippen molar-refractivity contribution < 1.29 is 14.0 Å². The van der Waals surface area contributed by atoms with Crippen LogP contribution in [0.1, 0.15) is 56.3 Å². The van der Waals surface area contributed by atoms with E-state index in [1.54, 1.807) is 35.1 Å². The summed E-state index contributed by atoms with van der Waals surface area (Å²) in [4.78, 5) is 34.2. The fraction of sp³-hybridized carbons (Fsp3) is 0.310. The molecule has 2 amide bonds. The van der Waals surface area contributed by atoms with Gasteiger partial charge in [0.1, 0.15) is 11.5 Å². The number of benzene rings is 2. The highest BCUT2D eigenvalue weighted by atomic mass is 19.1. The van der Waals surface area contributed by atoms with Gasteiger partial charge in [-0.2, -0.15) is 5.26 Å². The summed E-state index contributed by atoms with van der Waals surface area (Å²) in [5, 5.41) is 9.92. The molecule has 3 heterocycles. The third-order valence-electron chi connectivity index (χ3n) is 7.49. The van der Waals surface area contributed by atoms with Gasteiger partial charge in [-0.3, -0.25) is 14.6 Å². The lowest BCUT2D eigenvalue weighted by Crippen LogP contribution is -2.48. The number of halogens is 1. The van der Waals surface area contributed by atoms with E-state index in [-0.39, 0.29) is 29.2 Å². The van der Waals surface area contributed by atoms with Gasteiger partial charge in [0.2, 0.25) is 0 Å². The second-order valence-corrected chi connectivity index (χ2v) is 9.70. The zero-order valence-corrected chi connectivity index (χ0v) is 20.2. The van der Waals surface area contributed by atoms with Gasteiger partial charge in [0.05, 0.1) is 11.5 Å². The Morgan fingerprint density at radius 3 is 2.39 bits per heavy atom. The second-order valence-electron chi connectivity index (χ2n) is 9.70. The summed E-state index contributed by atoms with van der Waals surface area (Å²) in [7, 11) is 0. The summed E-state index contributed by atoms with van der Waals surface area (Å²) in [6.07, 6.45) is 2.66. The highest BCUT2D eigenvalue weighted by Crippen LogP contribution is 2.35. The fourth-order valence-corrected chi connectivity index (χ4v) is 5.13. The normalized spacial score (nSPS) is 17.2. The number of amides is 2. The molecule has 2 aliphatic rings. The molecule has 0 unspecified atom stereocenters. The lowest BCUT2D eigenvalue weighted by molar-refractivity contribution is 0.0601. The van der Waals surface area contributed by atoms with Gasteiger partial charge < -0.3 is 9.80 Å². The molecule has 2 aliphatic heterocycles. The van der Waals surface area contributed by atoms with Crippen LogP contribution in [0.3, 0.4) is 0 Å². The number of likely N-dealkylation sites (tertiary alicyclic amines) is 2. The molecule has 36 heavy (non-hydrogen) atoms. The largest absolute Gasteiger partial charge is 0.337 e. The molecule has 0 aliphatic carbocycles. The Kier molecular flexibility index (Phi) is 6.27. The monoisotopic (exact) mass is 482 g/mol. The van der Waals surface area contributed by atoms with Crippen LogP contribution in [0.15, 0.2) is 66.9 Å². The summed E-state index contributed by atoms with van der Waals surface area (Å²) in [6.45, 7) is 3.72. The van der Waals surface area contributed by atoms with Crippen LogP contribution < -0.4 is 0 Å². The molecule has 2 fully saturated rings. The highest BCUT2D eigenvalue weighted by molar-refractivity contribution is 6.00. The minimum absolute atomic E-state index is 0.103. The fourth-order valence-electron chi connectivity index (χ4n) is 5.13. The van der Waals surface area contributed by atoms with E-state index >= 15 is 0 Å². The number of hydrogen-bond acceptors (Lipinski definition) is 4. The number of nitrogens with zero attached hydrogens (tertiary/aromatic N) is 4. The first kappa shape index (κ1) is 23.7. The summed E-state index contributed by atoms with van der Waals surface area (Å²) in [6, 6.07) is 20.3. The standard InChI is InChI=1S/C29H27FN4O2/c1-20-16-32-26(15-25(20)27(35)34-17-22(18-34)21-6-5-9-24(30)14-21)28(36)33-12-10-29(19-31,11-13-33)23-7-3-2-4-8-23/h2-9,14-16,22H,10-13,17-18H2,1H3. The number of aryl methyl sites for hydroxylation is 1. The molecule has 2 saturated heterocycles. The number of nitriles is 1. The predicted octanol–water partition coefficient (Wildman–Crippen LogP) is 4.47. The molecule has 0 bridgehead atoms. The number of hydrogen-bond donors (Lipinski definition) is 0. The van der Waals surface area contributed by atoms with Gasteiger partial charge in [-0.25, -0.2) is 4.39 Å². The molecule has 7 heteroatoms. The molecule has 1 aromatic heterocycles. The molecule has 182 valence electrons. The van der Waals surface area contributed by atoms with Crippen molar-refractivity contribution in [2.24, 2.45) is 0 Å². The number of carbonyl (C=O) groups excluding carboxylic acids is 2. The molecule has 0 radical (unpaired) electrons. The van der Waals surface area contributed by atoms with E-state index in [1.165, 1.54) is 12.1 Å². The van der Waals surface area contributed by atoms with Crippen LogP contribution in [-0.2, 0) is 5.41 Å². The molecule has 0 atom stereocenters. The van der Waals surface area contributed by atoms with Gasteiger partial charge in [0.25, 0.3) is 11.8 Å². The van der Waals surface area contributed by atoms with Gasteiger partial charge >= 0.3 is 0 Å².